The van der Waals surface area contributed by atoms with Gasteiger partial charge in [-0.15, -0.1) is 0 Å². The number of aromatic carboxylic acids is 1. The molecule has 0 spiro atoms. The number of benzene rings is 3. The molecule has 0 aliphatic rings. The Balaban J connectivity index is 1.77. The van der Waals surface area contributed by atoms with Crippen molar-refractivity contribution in [2.75, 3.05) is 11.8 Å². The van der Waals surface area contributed by atoms with Crippen LogP contribution >= 0.6 is 0 Å². The molecule has 0 atom stereocenters. The van der Waals surface area contributed by atoms with Gasteiger partial charge in [-0.3, -0.25) is 9.52 Å². The van der Waals surface area contributed by atoms with Gasteiger partial charge in [0, 0.05) is 11.1 Å². The maximum absolute atomic E-state index is 12.8. The fourth-order valence-corrected chi connectivity index (χ4v) is 3.88. The Hall–Kier alpha value is -4.18. The van der Waals surface area contributed by atoms with E-state index in [0.29, 0.717) is 11.3 Å². The lowest BCUT2D eigenvalue weighted by Gasteiger charge is -2.12. The monoisotopic (exact) mass is 453 g/mol. The van der Waals surface area contributed by atoms with Crippen molar-refractivity contribution in [3.63, 3.8) is 0 Å². The molecule has 10 heteroatoms. The average molecular weight is 453 g/mol. The number of nitrogens with one attached hydrogen (secondary N) is 2. The number of hydrazone groups is 1. The van der Waals surface area contributed by atoms with Gasteiger partial charge < -0.3 is 9.84 Å². The van der Waals surface area contributed by atoms with Crippen LogP contribution in [0.15, 0.2) is 82.8 Å². The van der Waals surface area contributed by atoms with Crippen LogP contribution < -0.4 is 14.9 Å². The molecule has 3 aromatic rings. The third-order valence-electron chi connectivity index (χ3n) is 4.32. The fourth-order valence-electron chi connectivity index (χ4n) is 2.77. The summed E-state index contributed by atoms with van der Waals surface area (Å²) in [6, 6.07) is 18.1. The van der Waals surface area contributed by atoms with Crippen molar-refractivity contribution in [1.82, 2.24) is 5.43 Å². The van der Waals surface area contributed by atoms with Crippen molar-refractivity contribution in [1.29, 1.82) is 0 Å². The number of hydrogen-bond acceptors (Lipinski definition) is 6. The molecule has 0 bridgehead atoms. The summed E-state index contributed by atoms with van der Waals surface area (Å²) in [5, 5.41) is 13.0. The standard InChI is InChI=1S/C22H19N3O6S/c1-31-20-12-5-4-11-19(20)25-32(29,30)17-9-6-8-15(13-17)21(26)24-23-14-16-7-2-3-10-18(16)22(27)28/h2-14,25H,1H3,(H,24,26)(H,27,28)/b23-14+. The molecule has 0 aliphatic carbocycles. The first kappa shape index (κ1) is 22.5. The minimum atomic E-state index is -3.99. The number of para-hydroxylation sites is 2. The summed E-state index contributed by atoms with van der Waals surface area (Å²) in [7, 11) is -2.57. The van der Waals surface area contributed by atoms with E-state index in [-0.39, 0.29) is 21.7 Å². The largest absolute Gasteiger partial charge is 0.495 e. The van der Waals surface area contributed by atoms with E-state index in [4.69, 9.17) is 4.74 Å². The van der Waals surface area contributed by atoms with E-state index in [0.717, 1.165) is 0 Å². The molecule has 9 nitrogen and oxygen atoms in total. The molecule has 0 saturated heterocycles. The zero-order valence-electron chi connectivity index (χ0n) is 16.8. The van der Waals surface area contributed by atoms with Gasteiger partial charge >= 0.3 is 5.97 Å². The summed E-state index contributed by atoms with van der Waals surface area (Å²) < 4.78 is 33.1. The molecule has 0 radical (unpaired) electrons. The molecule has 0 aromatic heterocycles. The third kappa shape index (κ3) is 5.29. The van der Waals surface area contributed by atoms with Crippen molar-refractivity contribution >= 4 is 33.8 Å². The van der Waals surface area contributed by atoms with Gasteiger partial charge in [0.1, 0.15) is 5.75 Å². The number of anilines is 1. The fraction of sp³-hybridized carbons (Fsp3) is 0.0455. The predicted molar refractivity (Wildman–Crippen MR) is 119 cm³/mol. The Morgan fingerprint density at radius 2 is 1.72 bits per heavy atom. The van der Waals surface area contributed by atoms with E-state index < -0.39 is 21.9 Å². The topological polar surface area (TPSA) is 134 Å². The van der Waals surface area contributed by atoms with Crippen LogP contribution in [-0.2, 0) is 10.0 Å². The van der Waals surface area contributed by atoms with Crippen LogP contribution in [-0.4, -0.2) is 38.7 Å². The van der Waals surface area contributed by atoms with Gasteiger partial charge in [0.05, 0.1) is 29.5 Å². The zero-order valence-corrected chi connectivity index (χ0v) is 17.7. The maximum atomic E-state index is 12.8. The average Bonchev–Trinajstić information content (AvgIpc) is 2.79. The summed E-state index contributed by atoms with van der Waals surface area (Å²) >= 11 is 0. The quantitative estimate of drug-likeness (QED) is 0.355. The summed E-state index contributed by atoms with van der Waals surface area (Å²) in [5.74, 6) is -1.44. The third-order valence-corrected chi connectivity index (χ3v) is 5.68. The second-order valence-electron chi connectivity index (χ2n) is 6.43. The first-order chi connectivity index (χ1) is 15.3. The van der Waals surface area contributed by atoms with Crippen LogP contribution in [0.1, 0.15) is 26.3 Å². The van der Waals surface area contributed by atoms with Crippen LogP contribution in [0.3, 0.4) is 0 Å². The number of carboxylic acids is 1. The van der Waals surface area contributed by atoms with Crippen molar-refractivity contribution in [2.45, 2.75) is 4.90 Å². The Morgan fingerprint density at radius 3 is 2.47 bits per heavy atom. The molecule has 0 aliphatic heterocycles. The number of ether oxygens (including phenoxy) is 1. The lowest BCUT2D eigenvalue weighted by Crippen LogP contribution is -2.19. The maximum Gasteiger partial charge on any atom is 0.336 e. The molecule has 0 saturated carbocycles. The number of methoxy groups -OCH3 is 1. The molecule has 0 unspecified atom stereocenters. The Bertz CT molecular complexity index is 1290. The first-order valence-corrected chi connectivity index (χ1v) is 10.7. The van der Waals surface area contributed by atoms with Crippen molar-refractivity contribution in [3.8, 4) is 5.75 Å². The lowest BCUT2D eigenvalue weighted by atomic mass is 10.1. The van der Waals surface area contributed by atoms with Crippen molar-refractivity contribution < 1.29 is 27.9 Å². The van der Waals surface area contributed by atoms with E-state index in [1.165, 1.54) is 49.7 Å². The summed E-state index contributed by atoms with van der Waals surface area (Å²) in [5.41, 5.74) is 2.90. The highest BCUT2D eigenvalue weighted by Gasteiger charge is 2.18. The Labute approximate surface area is 184 Å². The SMILES string of the molecule is COc1ccccc1NS(=O)(=O)c1cccc(C(=O)N/N=C/c2ccccc2C(=O)O)c1. The summed E-state index contributed by atoms with van der Waals surface area (Å²) in [6.07, 6.45) is 1.20. The highest BCUT2D eigenvalue weighted by atomic mass is 32.2. The number of nitrogens with zero attached hydrogens (tertiary/aromatic N) is 1. The zero-order chi connectivity index (χ0) is 23.1. The number of rotatable bonds is 8. The first-order valence-electron chi connectivity index (χ1n) is 9.23. The molecule has 3 N–H and O–H groups in total. The number of carbonyl (C=O) groups excluding carboxylic acids is 1. The second kappa shape index (κ2) is 9.75. The minimum absolute atomic E-state index is 0.0287. The summed E-state index contributed by atoms with van der Waals surface area (Å²) in [6.45, 7) is 0. The smallest absolute Gasteiger partial charge is 0.336 e. The number of hydrogen-bond donors (Lipinski definition) is 3. The van der Waals surface area contributed by atoms with Gasteiger partial charge in [0.2, 0.25) is 0 Å². The minimum Gasteiger partial charge on any atom is -0.495 e. The number of amides is 1. The van der Waals surface area contributed by atoms with E-state index in [1.54, 1.807) is 36.4 Å². The second-order valence-corrected chi connectivity index (χ2v) is 8.11. The predicted octanol–water partition coefficient (Wildman–Crippen LogP) is 2.96. The van der Waals surface area contributed by atoms with Crippen LogP contribution in [0.5, 0.6) is 5.75 Å². The highest BCUT2D eigenvalue weighted by Crippen LogP contribution is 2.26. The van der Waals surface area contributed by atoms with Gasteiger partial charge in [-0.1, -0.05) is 36.4 Å². The van der Waals surface area contributed by atoms with Gasteiger partial charge in [0.15, 0.2) is 0 Å². The number of sulfonamides is 1. The highest BCUT2D eigenvalue weighted by molar-refractivity contribution is 7.92. The van der Waals surface area contributed by atoms with E-state index in [1.807, 2.05) is 0 Å². The molecule has 3 aromatic carbocycles. The molecule has 1 amide bonds. The van der Waals surface area contributed by atoms with Crippen molar-refractivity contribution in [3.05, 3.63) is 89.5 Å². The van der Waals surface area contributed by atoms with Gasteiger partial charge in [-0.2, -0.15) is 5.10 Å². The summed E-state index contributed by atoms with van der Waals surface area (Å²) in [4.78, 5) is 23.5. The van der Waals surface area contributed by atoms with Crippen LogP contribution in [0.4, 0.5) is 5.69 Å². The van der Waals surface area contributed by atoms with Gasteiger partial charge in [-0.05, 0) is 36.4 Å². The lowest BCUT2D eigenvalue weighted by molar-refractivity contribution is 0.0696. The Morgan fingerprint density at radius 1 is 1.00 bits per heavy atom. The van der Waals surface area contributed by atoms with Crippen molar-refractivity contribution in [2.24, 2.45) is 5.10 Å². The van der Waals surface area contributed by atoms with Crippen LogP contribution in [0, 0.1) is 0 Å². The molecule has 0 heterocycles. The van der Waals surface area contributed by atoms with E-state index >= 15 is 0 Å². The number of carbonyl (C=O) groups is 2. The van der Waals surface area contributed by atoms with Gasteiger partial charge in [-0.25, -0.2) is 18.6 Å². The molecular formula is C22H19N3O6S. The normalized spacial score (nSPS) is 11.2. The van der Waals surface area contributed by atoms with Crippen LogP contribution in [0.2, 0.25) is 0 Å². The van der Waals surface area contributed by atoms with E-state index in [2.05, 4.69) is 15.2 Å². The molecule has 164 valence electrons. The Kier molecular flexibility index (Phi) is 6.86. The molecule has 3 rings (SSSR count). The molecule has 0 fully saturated rings. The number of carboxylic acid groups (broad SMARTS) is 1. The van der Waals surface area contributed by atoms with E-state index in [9.17, 15) is 23.1 Å². The van der Waals surface area contributed by atoms with Gasteiger partial charge in [0.25, 0.3) is 15.9 Å². The molecular weight excluding hydrogens is 434 g/mol. The molecule has 32 heavy (non-hydrogen) atoms. The van der Waals surface area contributed by atoms with Crippen LogP contribution in [0.25, 0.3) is 0 Å².